The second-order valence-corrected chi connectivity index (χ2v) is 7.29. The van der Waals surface area contributed by atoms with Crippen molar-refractivity contribution in [3.8, 4) is 0 Å². The van der Waals surface area contributed by atoms with E-state index >= 15 is 0 Å². The summed E-state index contributed by atoms with van der Waals surface area (Å²) in [5, 5.41) is 0. The summed E-state index contributed by atoms with van der Waals surface area (Å²) in [6, 6.07) is 0. The molecule has 0 N–H and O–H groups in total. The lowest BCUT2D eigenvalue weighted by molar-refractivity contribution is 0.275. The summed E-state index contributed by atoms with van der Waals surface area (Å²) >= 11 is 0. The number of rotatable bonds is 2. The van der Waals surface area contributed by atoms with Gasteiger partial charge in [-0.2, -0.15) is 8.61 Å². The van der Waals surface area contributed by atoms with Gasteiger partial charge in [-0.3, -0.25) is 0 Å². The zero-order valence-corrected chi connectivity index (χ0v) is 9.81. The fraction of sp³-hybridized carbons (Fsp3) is 1.00. The molecular weight excluding hydrogens is 228 g/mol. The molecule has 0 atom stereocenters. The average molecular weight is 242 g/mol. The van der Waals surface area contributed by atoms with Gasteiger partial charge in [0.2, 0.25) is 20.0 Å². The highest BCUT2D eigenvalue weighted by molar-refractivity contribution is 7.88. The van der Waals surface area contributed by atoms with E-state index in [0.29, 0.717) is 0 Å². The molecule has 14 heavy (non-hydrogen) atoms. The molecule has 84 valence electrons. The van der Waals surface area contributed by atoms with Gasteiger partial charge < -0.3 is 0 Å². The van der Waals surface area contributed by atoms with Crippen LogP contribution in [0.5, 0.6) is 0 Å². The summed E-state index contributed by atoms with van der Waals surface area (Å²) in [7, 11) is -6.37. The van der Waals surface area contributed by atoms with E-state index in [4.69, 9.17) is 0 Å². The number of sulfonamides is 2. The van der Waals surface area contributed by atoms with E-state index in [-0.39, 0.29) is 26.2 Å². The monoisotopic (exact) mass is 242 g/mol. The Morgan fingerprint density at radius 2 is 0.929 bits per heavy atom. The lowest BCUT2D eigenvalue weighted by Crippen LogP contribution is -2.49. The first kappa shape index (κ1) is 11.9. The molecule has 0 spiro atoms. The lowest BCUT2D eigenvalue weighted by atomic mass is 10.4. The molecule has 6 nitrogen and oxygen atoms in total. The topological polar surface area (TPSA) is 74.8 Å². The molecule has 0 saturated carbocycles. The minimum Gasteiger partial charge on any atom is -0.213 e. The van der Waals surface area contributed by atoms with Gasteiger partial charge in [0, 0.05) is 26.2 Å². The van der Waals surface area contributed by atoms with Gasteiger partial charge in [0.05, 0.1) is 12.5 Å². The summed E-state index contributed by atoms with van der Waals surface area (Å²) in [6.45, 7) is 0.968. The Kier molecular flexibility index (Phi) is 3.20. The van der Waals surface area contributed by atoms with Gasteiger partial charge in [-0.15, -0.1) is 0 Å². The molecule has 0 aliphatic carbocycles. The Balaban J connectivity index is 2.65. The van der Waals surface area contributed by atoms with Crippen molar-refractivity contribution in [2.45, 2.75) is 0 Å². The first-order valence-corrected chi connectivity index (χ1v) is 7.81. The van der Waals surface area contributed by atoms with E-state index in [1.165, 1.54) is 8.61 Å². The van der Waals surface area contributed by atoms with E-state index in [0.717, 1.165) is 12.5 Å². The van der Waals surface area contributed by atoms with Crippen molar-refractivity contribution in [3.63, 3.8) is 0 Å². The van der Waals surface area contributed by atoms with Gasteiger partial charge in [0.25, 0.3) is 0 Å². The maximum atomic E-state index is 11.1. The predicted octanol–water partition coefficient (Wildman–Crippen LogP) is -1.48. The first-order chi connectivity index (χ1) is 6.21. The van der Waals surface area contributed by atoms with Crippen LogP contribution in [-0.4, -0.2) is 64.1 Å². The van der Waals surface area contributed by atoms with Crippen molar-refractivity contribution < 1.29 is 16.8 Å². The third-order valence-corrected chi connectivity index (χ3v) is 4.74. The van der Waals surface area contributed by atoms with Gasteiger partial charge >= 0.3 is 0 Å². The highest BCUT2D eigenvalue weighted by Gasteiger charge is 2.27. The summed E-state index contributed by atoms with van der Waals surface area (Å²) in [5.74, 6) is 0. The SMILES string of the molecule is CS(=O)(=O)N1CCN(S(C)(=O)=O)CC1. The normalized spacial score (nSPS) is 22.4. The van der Waals surface area contributed by atoms with E-state index in [1.54, 1.807) is 0 Å². The molecule has 0 unspecified atom stereocenters. The summed E-state index contributed by atoms with van der Waals surface area (Å²) in [4.78, 5) is 0. The fourth-order valence-electron chi connectivity index (χ4n) is 1.33. The molecule has 0 radical (unpaired) electrons. The average Bonchev–Trinajstić information content (AvgIpc) is 2.01. The standard InChI is InChI=1S/C6H14N2O4S2/c1-13(9,10)7-3-5-8(6-4-7)14(2,11)12/h3-6H2,1-2H3. The van der Waals surface area contributed by atoms with E-state index in [1.807, 2.05) is 0 Å². The zero-order chi connectivity index (χ0) is 11.0. The van der Waals surface area contributed by atoms with Crippen molar-refractivity contribution in [3.05, 3.63) is 0 Å². The summed E-state index contributed by atoms with van der Waals surface area (Å²) in [5.41, 5.74) is 0. The van der Waals surface area contributed by atoms with Crippen LogP contribution < -0.4 is 0 Å². The Hall–Kier alpha value is -0.180. The van der Waals surface area contributed by atoms with Gasteiger partial charge in [0.15, 0.2) is 0 Å². The highest BCUT2D eigenvalue weighted by Crippen LogP contribution is 2.08. The van der Waals surface area contributed by atoms with Gasteiger partial charge in [0.1, 0.15) is 0 Å². The van der Waals surface area contributed by atoms with E-state index < -0.39 is 20.0 Å². The van der Waals surface area contributed by atoms with Crippen LogP contribution in [-0.2, 0) is 20.0 Å². The number of hydrogen-bond acceptors (Lipinski definition) is 4. The molecule has 1 heterocycles. The van der Waals surface area contributed by atoms with Crippen molar-refractivity contribution in [1.82, 2.24) is 8.61 Å². The predicted molar refractivity (Wildman–Crippen MR) is 52.8 cm³/mol. The van der Waals surface area contributed by atoms with Crippen molar-refractivity contribution in [2.75, 3.05) is 38.7 Å². The second kappa shape index (κ2) is 3.76. The van der Waals surface area contributed by atoms with Gasteiger partial charge in [-0.1, -0.05) is 0 Å². The first-order valence-electron chi connectivity index (χ1n) is 4.11. The maximum absolute atomic E-state index is 11.1. The van der Waals surface area contributed by atoms with Crippen molar-refractivity contribution in [1.29, 1.82) is 0 Å². The molecule has 1 rings (SSSR count). The van der Waals surface area contributed by atoms with E-state index in [9.17, 15) is 16.8 Å². The summed E-state index contributed by atoms with van der Waals surface area (Å²) in [6.07, 6.45) is 2.26. The molecule has 8 heteroatoms. The Bertz CT molecular complexity index is 352. The van der Waals surface area contributed by atoms with E-state index in [2.05, 4.69) is 0 Å². The van der Waals surface area contributed by atoms with Crippen molar-refractivity contribution >= 4 is 20.0 Å². The molecule has 0 aromatic carbocycles. The minimum atomic E-state index is -3.18. The van der Waals surface area contributed by atoms with Crippen LogP contribution >= 0.6 is 0 Å². The fourth-order valence-corrected chi connectivity index (χ4v) is 2.99. The quantitative estimate of drug-likeness (QED) is 0.592. The van der Waals surface area contributed by atoms with Crippen LogP contribution in [0.1, 0.15) is 0 Å². The molecule has 1 aliphatic rings. The number of piperazine rings is 1. The molecule has 1 saturated heterocycles. The number of nitrogens with zero attached hydrogens (tertiary/aromatic N) is 2. The highest BCUT2D eigenvalue weighted by atomic mass is 32.2. The molecule has 0 aromatic rings. The minimum absolute atomic E-state index is 0.242. The maximum Gasteiger partial charge on any atom is 0.211 e. The van der Waals surface area contributed by atoms with Crippen LogP contribution in [0.15, 0.2) is 0 Å². The Morgan fingerprint density at radius 3 is 1.07 bits per heavy atom. The summed E-state index contributed by atoms with van der Waals surface area (Å²) < 4.78 is 47.0. The van der Waals surface area contributed by atoms with Crippen LogP contribution in [0.4, 0.5) is 0 Å². The largest absolute Gasteiger partial charge is 0.213 e. The zero-order valence-electron chi connectivity index (χ0n) is 8.17. The third kappa shape index (κ3) is 2.91. The smallest absolute Gasteiger partial charge is 0.211 e. The molecule has 1 fully saturated rings. The molecule has 0 aromatic heterocycles. The van der Waals surface area contributed by atoms with Crippen molar-refractivity contribution in [2.24, 2.45) is 0 Å². The molecule has 0 amide bonds. The van der Waals surface area contributed by atoms with Gasteiger partial charge in [-0.05, 0) is 0 Å². The Labute approximate surface area is 84.6 Å². The number of hydrogen-bond donors (Lipinski definition) is 0. The second-order valence-electron chi connectivity index (χ2n) is 3.32. The van der Waals surface area contributed by atoms with Gasteiger partial charge in [-0.25, -0.2) is 16.8 Å². The van der Waals surface area contributed by atoms with Crippen LogP contribution in [0.3, 0.4) is 0 Å². The van der Waals surface area contributed by atoms with Crippen LogP contribution in [0, 0.1) is 0 Å². The van der Waals surface area contributed by atoms with Crippen LogP contribution in [0.25, 0.3) is 0 Å². The van der Waals surface area contributed by atoms with Crippen LogP contribution in [0.2, 0.25) is 0 Å². The lowest BCUT2D eigenvalue weighted by Gasteiger charge is -2.31. The molecule has 0 bridgehead atoms. The third-order valence-electron chi connectivity index (χ3n) is 2.14. The Morgan fingerprint density at radius 1 is 0.714 bits per heavy atom. The molecular formula is C6H14N2O4S2. The molecule has 1 aliphatic heterocycles.